The number of hydrogen-bond acceptors (Lipinski definition) is 4. The second-order valence-electron chi connectivity index (χ2n) is 10.5. The van der Waals surface area contributed by atoms with Gasteiger partial charge in [-0.05, 0) is 106 Å². The third-order valence-corrected chi connectivity index (χ3v) is 11.0. The molecule has 0 aromatic heterocycles. The van der Waals surface area contributed by atoms with Crippen LogP contribution in [0.15, 0.2) is 77.7 Å². The first-order valence-electron chi connectivity index (χ1n) is 13.7. The quantitative estimate of drug-likeness (QED) is 0.0927. The minimum absolute atomic E-state index is 0.218. The molecule has 0 radical (unpaired) electrons. The van der Waals surface area contributed by atoms with Gasteiger partial charge in [-0.2, -0.15) is 17.5 Å². The number of sulfonamides is 1. The SMILES string of the molecule is CC(C)N(C1CCCN(CCCN(c2ccc(F)cc2)c2ccc(F)cc2)C1I)S(=O)(=O)c1cccc(C(F)(F)F)c1. The Hall–Kier alpha value is -2.29. The molecule has 42 heavy (non-hydrogen) atoms. The van der Waals surface area contributed by atoms with E-state index in [1.165, 1.54) is 34.6 Å². The van der Waals surface area contributed by atoms with Gasteiger partial charge in [0.1, 0.15) is 11.6 Å². The van der Waals surface area contributed by atoms with Crippen molar-refractivity contribution in [1.82, 2.24) is 9.21 Å². The Kier molecular flexibility index (Phi) is 10.5. The maximum Gasteiger partial charge on any atom is 0.416 e. The second kappa shape index (κ2) is 13.6. The van der Waals surface area contributed by atoms with Crippen LogP contribution in [-0.2, 0) is 16.2 Å². The summed E-state index contributed by atoms with van der Waals surface area (Å²) in [6.45, 7) is 5.37. The summed E-state index contributed by atoms with van der Waals surface area (Å²) in [5, 5.41) is 0. The van der Waals surface area contributed by atoms with E-state index in [0.29, 0.717) is 32.0 Å². The van der Waals surface area contributed by atoms with Crippen LogP contribution in [0, 0.1) is 11.6 Å². The molecule has 5 nitrogen and oxygen atoms in total. The summed E-state index contributed by atoms with van der Waals surface area (Å²) in [4.78, 5) is 3.79. The Labute approximate surface area is 257 Å². The zero-order valence-corrected chi connectivity index (χ0v) is 26.2. The number of benzene rings is 3. The van der Waals surface area contributed by atoms with E-state index in [0.717, 1.165) is 36.5 Å². The highest BCUT2D eigenvalue weighted by Gasteiger charge is 2.42. The molecule has 3 aromatic carbocycles. The van der Waals surface area contributed by atoms with Crippen molar-refractivity contribution in [1.29, 1.82) is 0 Å². The van der Waals surface area contributed by atoms with Gasteiger partial charge in [0.25, 0.3) is 0 Å². The van der Waals surface area contributed by atoms with Crippen LogP contribution in [0.1, 0.15) is 38.7 Å². The minimum Gasteiger partial charge on any atom is -0.341 e. The predicted molar refractivity (Wildman–Crippen MR) is 162 cm³/mol. The molecule has 0 N–H and O–H groups in total. The maximum absolute atomic E-state index is 13.7. The van der Waals surface area contributed by atoms with Gasteiger partial charge in [-0.15, -0.1) is 0 Å². The summed E-state index contributed by atoms with van der Waals surface area (Å²) in [5.74, 6) is -0.723. The van der Waals surface area contributed by atoms with Gasteiger partial charge in [0.2, 0.25) is 10.0 Å². The summed E-state index contributed by atoms with van der Waals surface area (Å²) in [6.07, 6.45) is -2.68. The molecule has 4 rings (SSSR count). The maximum atomic E-state index is 13.7. The largest absolute Gasteiger partial charge is 0.416 e. The van der Waals surface area contributed by atoms with Crippen LogP contribution in [0.4, 0.5) is 33.3 Å². The van der Waals surface area contributed by atoms with E-state index in [9.17, 15) is 30.4 Å². The fraction of sp³-hybridized carbons (Fsp3) is 0.400. The topological polar surface area (TPSA) is 43.9 Å². The first kappa shape index (κ1) is 32.6. The summed E-state index contributed by atoms with van der Waals surface area (Å²) < 4.78 is 95.9. The third kappa shape index (κ3) is 7.61. The van der Waals surface area contributed by atoms with Gasteiger partial charge in [0.05, 0.1) is 20.5 Å². The van der Waals surface area contributed by atoms with Crippen LogP contribution in [0.25, 0.3) is 0 Å². The average molecular weight is 722 g/mol. The summed E-state index contributed by atoms with van der Waals surface area (Å²) >= 11 is 2.24. The smallest absolute Gasteiger partial charge is 0.341 e. The van der Waals surface area contributed by atoms with Crippen molar-refractivity contribution in [2.24, 2.45) is 0 Å². The lowest BCUT2D eigenvalue weighted by Crippen LogP contribution is -2.56. The molecule has 3 aromatic rings. The van der Waals surface area contributed by atoms with Crippen molar-refractivity contribution in [2.75, 3.05) is 24.5 Å². The van der Waals surface area contributed by atoms with Crippen molar-refractivity contribution in [2.45, 2.75) is 60.3 Å². The van der Waals surface area contributed by atoms with Crippen molar-refractivity contribution in [3.63, 3.8) is 0 Å². The lowest BCUT2D eigenvalue weighted by Gasteiger charge is -2.44. The predicted octanol–water partition coefficient (Wildman–Crippen LogP) is 7.84. The van der Waals surface area contributed by atoms with Crippen molar-refractivity contribution < 1.29 is 30.4 Å². The number of nitrogens with zero attached hydrogens (tertiary/aromatic N) is 3. The van der Waals surface area contributed by atoms with Crippen LogP contribution < -0.4 is 4.90 Å². The Balaban J connectivity index is 1.51. The van der Waals surface area contributed by atoms with Crippen LogP contribution in [0.3, 0.4) is 0 Å². The number of likely N-dealkylation sites (tertiary alicyclic amines) is 1. The fourth-order valence-corrected chi connectivity index (χ4v) is 8.75. The molecule has 1 heterocycles. The molecule has 0 amide bonds. The zero-order valence-electron chi connectivity index (χ0n) is 23.2. The van der Waals surface area contributed by atoms with E-state index in [2.05, 4.69) is 27.5 Å². The molecular weight excluding hydrogens is 688 g/mol. The van der Waals surface area contributed by atoms with Gasteiger partial charge in [0, 0.05) is 30.5 Å². The first-order chi connectivity index (χ1) is 19.8. The van der Waals surface area contributed by atoms with E-state index >= 15 is 0 Å². The van der Waals surface area contributed by atoms with Gasteiger partial charge in [0.15, 0.2) is 0 Å². The first-order valence-corrected chi connectivity index (χ1v) is 16.3. The number of piperidine rings is 1. The normalized spacial score (nSPS) is 18.5. The Bertz CT molecular complexity index is 1390. The molecule has 2 atom stereocenters. The molecular formula is C30H33F5IN3O2S. The van der Waals surface area contributed by atoms with E-state index in [4.69, 9.17) is 0 Å². The van der Waals surface area contributed by atoms with Crippen molar-refractivity contribution in [3.05, 3.63) is 90.0 Å². The second-order valence-corrected chi connectivity index (χ2v) is 13.6. The summed E-state index contributed by atoms with van der Waals surface area (Å²) in [6, 6.07) is 15.1. The van der Waals surface area contributed by atoms with Gasteiger partial charge < -0.3 is 4.90 Å². The number of hydrogen-bond donors (Lipinski definition) is 0. The van der Waals surface area contributed by atoms with Gasteiger partial charge in [-0.1, -0.05) is 28.7 Å². The molecule has 228 valence electrons. The molecule has 1 saturated heterocycles. The number of anilines is 2. The third-order valence-electron chi connectivity index (χ3n) is 7.29. The highest BCUT2D eigenvalue weighted by Crippen LogP contribution is 2.35. The molecule has 1 aliphatic heterocycles. The summed E-state index contributed by atoms with van der Waals surface area (Å²) in [7, 11) is -4.22. The monoisotopic (exact) mass is 721 g/mol. The molecule has 0 aliphatic carbocycles. The van der Waals surface area contributed by atoms with Crippen LogP contribution in [-0.4, -0.2) is 53.4 Å². The number of rotatable bonds is 10. The number of alkyl halides is 4. The molecule has 2 unspecified atom stereocenters. The molecule has 1 aliphatic rings. The van der Waals surface area contributed by atoms with Crippen molar-refractivity contribution >= 4 is 44.0 Å². The van der Waals surface area contributed by atoms with Crippen LogP contribution in [0.2, 0.25) is 0 Å². The van der Waals surface area contributed by atoms with Gasteiger partial charge in [-0.3, -0.25) is 4.90 Å². The van der Waals surface area contributed by atoms with Gasteiger partial charge >= 0.3 is 6.18 Å². The Morgan fingerprint density at radius 1 is 0.952 bits per heavy atom. The van der Waals surface area contributed by atoms with Crippen LogP contribution >= 0.6 is 22.6 Å². The summed E-state index contributed by atoms with van der Waals surface area (Å²) in [5.41, 5.74) is 0.503. The average Bonchev–Trinajstić information content (AvgIpc) is 2.93. The van der Waals surface area contributed by atoms with Gasteiger partial charge in [-0.25, -0.2) is 17.2 Å². The highest BCUT2D eigenvalue weighted by atomic mass is 127. The Morgan fingerprint density at radius 2 is 1.52 bits per heavy atom. The lowest BCUT2D eigenvalue weighted by molar-refractivity contribution is -0.137. The molecule has 0 bridgehead atoms. The Morgan fingerprint density at radius 3 is 2.05 bits per heavy atom. The molecule has 12 heteroatoms. The van der Waals surface area contributed by atoms with E-state index in [-0.39, 0.29) is 20.6 Å². The fourth-order valence-electron chi connectivity index (χ4n) is 5.37. The van der Waals surface area contributed by atoms with Crippen LogP contribution in [0.5, 0.6) is 0 Å². The molecule has 0 saturated carbocycles. The molecule has 0 spiro atoms. The highest BCUT2D eigenvalue weighted by molar-refractivity contribution is 14.1. The minimum atomic E-state index is -4.66. The lowest BCUT2D eigenvalue weighted by atomic mass is 10.0. The van der Waals surface area contributed by atoms with Crippen molar-refractivity contribution in [3.8, 4) is 0 Å². The van der Waals surface area contributed by atoms with E-state index in [1.807, 2.05) is 4.90 Å². The number of halogens is 6. The molecule has 1 fully saturated rings. The van der Waals surface area contributed by atoms with E-state index < -0.39 is 33.8 Å². The zero-order chi connectivity index (χ0) is 30.7. The van der Waals surface area contributed by atoms with E-state index in [1.54, 1.807) is 38.1 Å². The standard InChI is InChI=1S/C30H33F5IN3O2S/c1-21(2)39(42(40,41)27-7-3-6-22(20-27)30(33,34)35)28-8-4-17-37(29(28)36)18-5-19-38(25-13-9-23(31)10-14-25)26-15-11-24(32)12-16-26/h3,6-7,9-16,20-21,28-29H,4-5,8,17-19H2,1-2H3.